The number of aromatic nitrogens is 1. The van der Waals surface area contributed by atoms with Crippen LogP contribution in [0.15, 0.2) is 53.7 Å². The number of carbonyl (C=O) groups excluding carboxylic acids is 1. The third-order valence-electron chi connectivity index (χ3n) is 2.18. The van der Waals surface area contributed by atoms with Crippen LogP contribution in [-0.2, 0) is 0 Å². The third-order valence-corrected chi connectivity index (χ3v) is 2.92. The first-order chi connectivity index (χ1) is 8.78. The van der Waals surface area contributed by atoms with Crippen LogP contribution < -0.4 is 10.1 Å². The second-order valence-electron chi connectivity index (χ2n) is 3.43. The summed E-state index contributed by atoms with van der Waals surface area (Å²) in [5.74, 6) is 0.413. The van der Waals surface area contributed by atoms with Gasteiger partial charge in [0.2, 0.25) is 0 Å². The fourth-order valence-electron chi connectivity index (χ4n) is 1.33. The van der Waals surface area contributed by atoms with E-state index in [-0.39, 0.29) is 0 Å². The number of anilines is 1. The van der Waals surface area contributed by atoms with Gasteiger partial charge in [-0.2, -0.15) is 0 Å². The molecule has 0 spiro atoms. The Hall–Kier alpha value is -2.01. The molecule has 4 nitrogen and oxygen atoms in total. The van der Waals surface area contributed by atoms with Gasteiger partial charge in [0, 0.05) is 16.8 Å². The van der Waals surface area contributed by atoms with Crippen LogP contribution in [-0.4, -0.2) is 17.3 Å². The summed E-state index contributed by atoms with van der Waals surface area (Å²) in [5, 5.41) is 2.64. The van der Waals surface area contributed by atoms with Crippen LogP contribution in [0.25, 0.3) is 0 Å². The van der Waals surface area contributed by atoms with E-state index in [1.54, 1.807) is 30.1 Å². The smallest absolute Gasteiger partial charge is 0.408 e. The summed E-state index contributed by atoms with van der Waals surface area (Å²) in [6.45, 7) is 0. The number of nitrogens with zero attached hydrogens (tertiary/aromatic N) is 1. The van der Waals surface area contributed by atoms with Gasteiger partial charge in [0.25, 0.3) is 0 Å². The van der Waals surface area contributed by atoms with E-state index in [1.807, 2.05) is 30.5 Å². The minimum atomic E-state index is -0.528. The summed E-state index contributed by atoms with van der Waals surface area (Å²) in [6.07, 6.45) is 4.57. The molecule has 0 saturated heterocycles. The highest BCUT2D eigenvalue weighted by atomic mass is 32.2. The lowest BCUT2D eigenvalue weighted by Gasteiger charge is -2.06. The average Bonchev–Trinajstić information content (AvgIpc) is 2.40. The van der Waals surface area contributed by atoms with Gasteiger partial charge in [-0.1, -0.05) is 0 Å². The summed E-state index contributed by atoms with van der Waals surface area (Å²) in [4.78, 5) is 16.6. The highest BCUT2D eigenvalue weighted by Crippen LogP contribution is 2.17. The maximum atomic E-state index is 11.6. The lowest BCUT2D eigenvalue weighted by molar-refractivity contribution is 0.215. The van der Waals surface area contributed by atoms with Crippen LogP contribution in [0.5, 0.6) is 5.75 Å². The fraction of sp³-hybridized carbons (Fsp3) is 0.0769. The minimum Gasteiger partial charge on any atom is -0.408 e. The molecular weight excluding hydrogens is 248 g/mol. The van der Waals surface area contributed by atoms with E-state index in [0.717, 1.165) is 4.90 Å². The predicted molar refractivity (Wildman–Crippen MR) is 72.1 cm³/mol. The van der Waals surface area contributed by atoms with Crippen LogP contribution in [0, 0.1) is 0 Å². The summed E-state index contributed by atoms with van der Waals surface area (Å²) in [7, 11) is 0. The molecule has 0 unspecified atom stereocenters. The minimum absolute atomic E-state index is 0.413. The zero-order valence-corrected chi connectivity index (χ0v) is 10.6. The van der Waals surface area contributed by atoms with Crippen molar-refractivity contribution in [2.45, 2.75) is 4.90 Å². The molecule has 0 saturated carbocycles. The number of rotatable bonds is 3. The Morgan fingerprint density at radius 2 is 2.06 bits per heavy atom. The predicted octanol–water partition coefficient (Wildman–Crippen LogP) is 3.41. The van der Waals surface area contributed by atoms with Crippen LogP contribution in [0.2, 0.25) is 0 Å². The van der Waals surface area contributed by atoms with Crippen LogP contribution in [0.4, 0.5) is 10.5 Å². The Labute approximate surface area is 109 Å². The van der Waals surface area contributed by atoms with E-state index in [1.165, 1.54) is 6.20 Å². The summed E-state index contributed by atoms with van der Waals surface area (Å²) >= 11 is 1.65. The molecule has 5 heteroatoms. The zero-order valence-electron chi connectivity index (χ0n) is 9.79. The van der Waals surface area contributed by atoms with Crippen molar-refractivity contribution in [3.8, 4) is 5.75 Å². The van der Waals surface area contributed by atoms with E-state index in [4.69, 9.17) is 4.74 Å². The molecule has 0 aliphatic rings. The lowest BCUT2D eigenvalue weighted by Crippen LogP contribution is -2.16. The molecule has 0 radical (unpaired) electrons. The Morgan fingerprint density at radius 3 is 2.67 bits per heavy atom. The zero-order chi connectivity index (χ0) is 12.8. The standard InChI is InChI=1S/C13H12N2O2S/c1-18-12-6-4-10(5-7-12)15-13(16)17-11-3-2-8-14-9-11/h2-9H,1H3,(H,15,16). The number of ether oxygens (including phenoxy) is 1. The van der Waals surface area contributed by atoms with E-state index >= 15 is 0 Å². The lowest BCUT2D eigenvalue weighted by atomic mass is 10.3. The molecule has 1 amide bonds. The van der Waals surface area contributed by atoms with Gasteiger partial charge in [0.1, 0.15) is 0 Å². The van der Waals surface area contributed by atoms with Crippen molar-refractivity contribution < 1.29 is 9.53 Å². The van der Waals surface area contributed by atoms with Crippen molar-refractivity contribution in [1.82, 2.24) is 4.98 Å². The first-order valence-electron chi connectivity index (χ1n) is 5.31. The third kappa shape index (κ3) is 3.49. The SMILES string of the molecule is CSc1ccc(NC(=O)Oc2cccnc2)cc1. The van der Waals surface area contributed by atoms with Gasteiger partial charge in [-0.3, -0.25) is 10.3 Å². The topological polar surface area (TPSA) is 51.2 Å². The molecule has 1 heterocycles. The first kappa shape index (κ1) is 12.4. The number of thioether (sulfide) groups is 1. The number of pyridine rings is 1. The van der Waals surface area contributed by atoms with Gasteiger partial charge < -0.3 is 4.74 Å². The first-order valence-corrected chi connectivity index (χ1v) is 6.53. The molecule has 92 valence electrons. The van der Waals surface area contributed by atoms with Crippen LogP contribution in [0.1, 0.15) is 0 Å². The second kappa shape index (κ2) is 6.07. The summed E-state index contributed by atoms with van der Waals surface area (Å²) < 4.78 is 5.06. The maximum absolute atomic E-state index is 11.6. The van der Waals surface area contributed by atoms with Gasteiger partial charge >= 0.3 is 6.09 Å². The molecule has 0 fully saturated rings. The quantitative estimate of drug-likeness (QED) is 0.859. The average molecular weight is 260 g/mol. The maximum Gasteiger partial charge on any atom is 0.417 e. The molecule has 0 aliphatic heterocycles. The number of hydrogen-bond donors (Lipinski definition) is 1. The van der Waals surface area contributed by atoms with Crippen molar-refractivity contribution in [3.05, 3.63) is 48.8 Å². The van der Waals surface area contributed by atoms with Crippen molar-refractivity contribution in [2.24, 2.45) is 0 Å². The van der Waals surface area contributed by atoms with Crippen LogP contribution in [0.3, 0.4) is 0 Å². The second-order valence-corrected chi connectivity index (χ2v) is 4.31. The Bertz CT molecular complexity index is 514. The molecular formula is C13H12N2O2S. The van der Waals surface area contributed by atoms with E-state index < -0.39 is 6.09 Å². The molecule has 1 N–H and O–H groups in total. The van der Waals surface area contributed by atoms with Crippen LogP contribution >= 0.6 is 11.8 Å². The molecule has 2 aromatic rings. The summed E-state index contributed by atoms with van der Waals surface area (Å²) in [5.41, 5.74) is 0.696. The Balaban J connectivity index is 1.94. The van der Waals surface area contributed by atoms with Gasteiger partial charge in [-0.15, -0.1) is 11.8 Å². The van der Waals surface area contributed by atoms with E-state index in [0.29, 0.717) is 11.4 Å². The number of amides is 1. The van der Waals surface area contributed by atoms with Crippen molar-refractivity contribution in [2.75, 3.05) is 11.6 Å². The molecule has 2 rings (SSSR count). The highest BCUT2D eigenvalue weighted by Gasteiger charge is 2.04. The largest absolute Gasteiger partial charge is 0.417 e. The van der Waals surface area contributed by atoms with E-state index in [2.05, 4.69) is 10.3 Å². The number of carbonyl (C=O) groups is 1. The molecule has 0 bridgehead atoms. The fourth-order valence-corrected chi connectivity index (χ4v) is 1.74. The number of hydrogen-bond acceptors (Lipinski definition) is 4. The van der Waals surface area contributed by atoms with Gasteiger partial charge in [0.05, 0.1) is 6.20 Å². The normalized spacial score (nSPS) is 9.83. The number of nitrogens with one attached hydrogen (secondary N) is 1. The summed E-state index contributed by atoms with van der Waals surface area (Å²) in [6, 6.07) is 10.9. The van der Waals surface area contributed by atoms with Gasteiger partial charge in [0.15, 0.2) is 5.75 Å². The Morgan fingerprint density at radius 1 is 1.28 bits per heavy atom. The molecule has 1 aromatic heterocycles. The molecule has 0 atom stereocenters. The van der Waals surface area contributed by atoms with Crippen molar-refractivity contribution in [1.29, 1.82) is 0 Å². The monoisotopic (exact) mass is 260 g/mol. The van der Waals surface area contributed by atoms with Gasteiger partial charge in [-0.25, -0.2) is 4.79 Å². The Kier molecular flexibility index (Phi) is 4.20. The molecule has 18 heavy (non-hydrogen) atoms. The molecule has 0 aliphatic carbocycles. The van der Waals surface area contributed by atoms with Crippen molar-refractivity contribution in [3.63, 3.8) is 0 Å². The van der Waals surface area contributed by atoms with Crippen molar-refractivity contribution >= 4 is 23.5 Å². The van der Waals surface area contributed by atoms with Gasteiger partial charge in [-0.05, 0) is 42.7 Å². The highest BCUT2D eigenvalue weighted by molar-refractivity contribution is 7.98. The van der Waals surface area contributed by atoms with E-state index in [9.17, 15) is 4.79 Å². The molecule has 1 aromatic carbocycles. The number of benzene rings is 1.